The van der Waals surface area contributed by atoms with E-state index in [0.717, 1.165) is 18.9 Å². The first-order valence-corrected chi connectivity index (χ1v) is 7.06. The zero-order valence-electron chi connectivity index (χ0n) is 11.2. The van der Waals surface area contributed by atoms with Crippen molar-refractivity contribution in [2.24, 2.45) is 13.0 Å². The Kier molecular flexibility index (Phi) is 4.46. The van der Waals surface area contributed by atoms with Gasteiger partial charge in [-0.25, -0.2) is 0 Å². The van der Waals surface area contributed by atoms with Crippen molar-refractivity contribution in [3.63, 3.8) is 0 Å². The lowest BCUT2D eigenvalue weighted by Gasteiger charge is -2.15. The fraction of sp³-hybridized carbons (Fsp3) is 0.786. The van der Waals surface area contributed by atoms with Gasteiger partial charge in [0.05, 0.1) is 11.4 Å². The summed E-state index contributed by atoms with van der Waals surface area (Å²) in [6, 6.07) is 0. The fourth-order valence-electron chi connectivity index (χ4n) is 2.77. The van der Waals surface area contributed by atoms with E-state index in [1.54, 1.807) is 0 Å². The van der Waals surface area contributed by atoms with Crippen molar-refractivity contribution in [3.8, 4) is 0 Å². The van der Waals surface area contributed by atoms with Gasteiger partial charge in [0.2, 0.25) is 0 Å². The largest absolute Gasteiger partial charge is 0.382 e. The normalized spacial score (nSPS) is 18.0. The minimum absolute atomic E-state index is 0.863. The molecule has 17 heavy (non-hydrogen) atoms. The van der Waals surface area contributed by atoms with Crippen LogP contribution in [0.5, 0.6) is 0 Å². The Labute approximate surface area is 105 Å². The minimum atomic E-state index is 0.863. The molecule has 0 bridgehead atoms. The lowest BCUT2D eigenvalue weighted by Crippen LogP contribution is -2.14. The van der Waals surface area contributed by atoms with Crippen LogP contribution in [0.4, 0.5) is 5.69 Å². The van der Waals surface area contributed by atoms with Crippen LogP contribution in [0.3, 0.4) is 0 Å². The van der Waals surface area contributed by atoms with E-state index in [-0.39, 0.29) is 0 Å². The summed E-state index contributed by atoms with van der Waals surface area (Å²) >= 11 is 0. The molecule has 96 valence electrons. The number of hydrogen-bond donors (Lipinski definition) is 1. The van der Waals surface area contributed by atoms with Gasteiger partial charge in [-0.3, -0.25) is 4.68 Å². The summed E-state index contributed by atoms with van der Waals surface area (Å²) in [6.45, 7) is 3.29. The highest BCUT2D eigenvalue weighted by molar-refractivity contribution is 5.46. The maximum atomic E-state index is 4.47. The number of aryl methyl sites for hydroxylation is 2. The summed E-state index contributed by atoms with van der Waals surface area (Å²) in [5, 5.41) is 8.06. The number of anilines is 1. The van der Waals surface area contributed by atoms with Crippen molar-refractivity contribution in [2.45, 2.75) is 51.9 Å². The molecule has 0 aliphatic heterocycles. The highest BCUT2D eigenvalue weighted by Gasteiger charge is 2.13. The van der Waals surface area contributed by atoms with Crippen molar-refractivity contribution < 1.29 is 0 Å². The van der Waals surface area contributed by atoms with Gasteiger partial charge >= 0.3 is 0 Å². The van der Waals surface area contributed by atoms with Crippen LogP contribution in [0.15, 0.2) is 6.20 Å². The summed E-state index contributed by atoms with van der Waals surface area (Å²) in [4.78, 5) is 0. The van der Waals surface area contributed by atoms with Gasteiger partial charge in [-0.2, -0.15) is 5.10 Å². The van der Waals surface area contributed by atoms with Crippen molar-refractivity contribution in [3.05, 3.63) is 11.9 Å². The predicted molar refractivity (Wildman–Crippen MR) is 72.3 cm³/mol. The highest BCUT2D eigenvalue weighted by atomic mass is 15.3. The topological polar surface area (TPSA) is 29.9 Å². The minimum Gasteiger partial charge on any atom is -0.382 e. The Balaban J connectivity index is 1.87. The van der Waals surface area contributed by atoms with Crippen molar-refractivity contribution >= 4 is 5.69 Å². The summed E-state index contributed by atoms with van der Waals surface area (Å²) in [7, 11) is 2.00. The highest BCUT2D eigenvalue weighted by Crippen LogP contribution is 2.24. The zero-order valence-corrected chi connectivity index (χ0v) is 11.2. The third kappa shape index (κ3) is 3.48. The molecular formula is C14H25N3. The van der Waals surface area contributed by atoms with E-state index < -0.39 is 0 Å². The zero-order chi connectivity index (χ0) is 12.1. The Hall–Kier alpha value is -0.990. The molecule has 0 amide bonds. The summed E-state index contributed by atoms with van der Waals surface area (Å²) < 4.78 is 1.91. The smallest absolute Gasteiger partial charge is 0.0853 e. The molecule has 1 aromatic rings. The molecule has 1 saturated carbocycles. The number of nitrogens with zero attached hydrogens (tertiary/aromatic N) is 2. The average Bonchev–Trinajstić information content (AvgIpc) is 2.54. The number of rotatable bonds is 4. The van der Waals surface area contributed by atoms with E-state index in [9.17, 15) is 0 Å². The third-order valence-corrected chi connectivity index (χ3v) is 3.80. The Morgan fingerprint density at radius 1 is 1.29 bits per heavy atom. The molecule has 1 aliphatic carbocycles. The summed E-state index contributed by atoms with van der Waals surface area (Å²) in [5.41, 5.74) is 2.43. The molecule has 2 rings (SSSR count). The second-order valence-electron chi connectivity index (χ2n) is 5.26. The SMILES string of the molecule is CCc1nn(C)cc1NCC1CCCCCC1. The molecule has 1 aromatic heterocycles. The monoisotopic (exact) mass is 235 g/mol. The van der Waals surface area contributed by atoms with Crippen LogP contribution < -0.4 is 5.32 Å². The molecule has 1 fully saturated rings. The third-order valence-electron chi connectivity index (χ3n) is 3.80. The van der Waals surface area contributed by atoms with Crippen LogP contribution >= 0.6 is 0 Å². The molecule has 1 aliphatic rings. The van der Waals surface area contributed by atoms with E-state index in [1.165, 1.54) is 49.9 Å². The molecule has 1 heterocycles. The van der Waals surface area contributed by atoms with Gasteiger partial charge in [0.1, 0.15) is 0 Å². The Morgan fingerprint density at radius 3 is 2.65 bits per heavy atom. The standard InChI is InChI=1S/C14H25N3/c1-3-13-14(11-17(2)16-13)15-10-12-8-6-4-5-7-9-12/h11-12,15H,3-10H2,1-2H3. The molecule has 0 radical (unpaired) electrons. The first kappa shape index (κ1) is 12.5. The molecule has 0 spiro atoms. The molecule has 0 saturated heterocycles. The van der Waals surface area contributed by atoms with Gasteiger partial charge in [-0.05, 0) is 25.2 Å². The molecule has 3 heteroatoms. The number of aromatic nitrogens is 2. The van der Waals surface area contributed by atoms with E-state index >= 15 is 0 Å². The number of nitrogens with one attached hydrogen (secondary N) is 1. The van der Waals surface area contributed by atoms with Crippen LogP contribution in [0.25, 0.3) is 0 Å². The predicted octanol–water partition coefficient (Wildman–Crippen LogP) is 3.36. The maximum Gasteiger partial charge on any atom is 0.0853 e. The quantitative estimate of drug-likeness (QED) is 0.811. The second kappa shape index (κ2) is 6.08. The molecule has 0 aromatic carbocycles. The first-order valence-electron chi connectivity index (χ1n) is 7.06. The van der Waals surface area contributed by atoms with Crippen LogP contribution in [-0.4, -0.2) is 16.3 Å². The average molecular weight is 235 g/mol. The van der Waals surface area contributed by atoms with Crippen LogP contribution in [0, 0.1) is 5.92 Å². The molecule has 3 nitrogen and oxygen atoms in total. The Morgan fingerprint density at radius 2 is 2.00 bits per heavy atom. The molecule has 0 unspecified atom stereocenters. The Bertz CT molecular complexity index is 335. The van der Waals surface area contributed by atoms with E-state index in [1.807, 2.05) is 11.7 Å². The van der Waals surface area contributed by atoms with Gasteiger partial charge in [-0.15, -0.1) is 0 Å². The first-order chi connectivity index (χ1) is 8.29. The van der Waals surface area contributed by atoms with Gasteiger partial charge in [-0.1, -0.05) is 32.6 Å². The van der Waals surface area contributed by atoms with E-state index in [0.29, 0.717) is 0 Å². The second-order valence-corrected chi connectivity index (χ2v) is 5.26. The fourth-order valence-corrected chi connectivity index (χ4v) is 2.77. The van der Waals surface area contributed by atoms with Crippen molar-refractivity contribution in [1.82, 2.24) is 9.78 Å². The van der Waals surface area contributed by atoms with Gasteiger partial charge < -0.3 is 5.32 Å². The molecule has 0 atom stereocenters. The molecule has 1 N–H and O–H groups in total. The van der Waals surface area contributed by atoms with Crippen LogP contribution in [0.2, 0.25) is 0 Å². The van der Waals surface area contributed by atoms with E-state index in [4.69, 9.17) is 0 Å². The van der Waals surface area contributed by atoms with Crippen LogP contribution in [0.1, 0.15) is 51.1 Å². The van der Waals surface area contributed by atoms with Crippen LogP contribution in [-0.2, 0) is 13.5 Å². The maximum absolute atomic E-state index is 4.47. The van der Waals surface area contributed by atoms with Crippen molar-refractivity contribution in [2.75, 3.05) is 11.9 Å². The molecular weight excluding hydrogens is 210 g/mol. The lowest BCUT2D eigenvalue weighted by molar-refractivity contribution is 0.483. The van der Waals surface area contributed by atoms with Gasteiger partial charge in [0.15, 0.2) is 0 Å². The summed E-state index contributed by atoms with van der Waals surface area (Å²) in [6.07, 6.45) is 11.6. The van der Waals surface area contributed by atoms with E-state index in [2.05, 4.69) is 23.5 Å². The lowest BCUT2D eigenvalue weighted by atomic mass is 10.0. The van der Waals surface area contributed by atoms with Gasteiger partial charge in [0, 0.05) is 19.8 Å². The number of hydrogen-bond acceptors (Lipinski definition) is 2. The summed E-state index contributed by atoms with van der Waals surface area (Å²) in [5.74, 6) is 0.863. The van der Waals surface area contributed by atoms with Crippen molar-refractivity contribution in [1.29, 1.82) is 0 Å². The van der Waals surface area contributed by atoms with Gasteiger partial charge in [0.25, 0.3) is 0 Å².